The Labute approximate surface area is 105 Å². The van der Waals surface area contributed by atoms with Crippen molar-refractivity contribution in [1.82, 2.24) is 9.55 Å². The number of aromatic nitrogens is 2. The predicted octanol–water partition coefficient (Wildman–Crippen LogP) is 1.57. The van der Waals surface area contributed by atoms with Gasteiger partial charge in [-0.15, -0.1) is 0 Å². The number of carbonyl (C=O) groups is 1. The topological polar surface area (TPSA) is 61.9 Å². The van der Waals surface area contributed by atoms with Gasteiger partial charge in [0.05, 0.1) is 23.8 Å². The SMILES string of the molecule is CN(C(=O)c1cncn1C)c1ccccc1C#N. The third kappa shape index (κ3) is 1.96. The van der Waals surface area contributed by atoms with E-state index in [0.29, 0.717) is 16.9 Å². The molecule has 1 aromatic carbocycles. The first kappa shape index (κ1) is 11.9. The van der Waals surface area contributed by atoms with Crippen molar-refractivity contribution >= 4 is 11.6 Å². The number of anilines is 1. The fraction of sp³-hybridized carbons (Fsp3) is 0.154. The molecule has 5 heteroatoms. The van der Waals surface area contributed by atoms with Gasteiger partial charge in [0.1, 0.15) is 11.8 Å². The number of nitrogens with zero attached hydrogens (tertiary/aromatic N) is 4. The first-order valence-electron chi connectivity index (χ1n) is 5.38. The highest BCUT2D eigenvalue weighted by Crippen LogP contribution is 2.19. The molecule has 0 atom stereocenters. The summed E-state index contributed by atoms with van der Waals surface area (Å²) < 4.78 is 1.65. The second-order valence-electron chi connectivity index (χ2n) is 3.88. The summed E-state index contributed by atoms with van der Waals surface area (Å²) in [5.41, 5.74) is 1.53. The summed E-state index contributed by atoms with van der Waals surface area (Å²) in [6.45, 7) is 0. The Hall–Kier alpha value is -2.61. The standard InChI is InChI=1S/C13H12N4O/c1-16-9-15-8-12(16)13(18)17(2)11-6-4-3-5-10(11)7-14/h3-6,8-9H,1-2H3. The maximum absolute atomic E-state index is 12.3. The van der Waals surface area contributed by atoms with Crippen molar-refractivity contribution in [2.45, 2.75) is 0 Å². The molecule has 0 bridgehead atoms. The Kier molecular flexibility index (Phi) is 3.11. The smallest absolute Gasteiger partial charge is 0.276 e. The van der Waals surface area contributed by atoms with E-state index >= 15 is 0 Å². The van der Waals surface area contributed by atoms with Crippen molar-refractivity contribution in [2.75, 3.05) is 11.9 Å². The average Bonchev–Trinajstić information content (AvgIpc) is 2.83. The van der Waals surface area contributed by atoms with Crippen LogP contribution in [0.4, 0.5) is 5.69 Å². The lowest BCUT2D eigenvalue weighted by Crippen LogP contribution is -2.28. The molecule has 2 aromatic rings. The molecule has 0 aliphatic heterocycles. The molecule has 5 nitrogen and oxygen atoms in total. The van der Waals surface area contributed by atoms with Gasteiger partial charge in [-0.1, -0.05) is 12.1 Å². The number of aryl methyl sites for hydroxylation is 1. The summed E-state index contributed by atoms with van der Waals surface area (Å²) in [7, 11) is 3.40. The largest absolute Gasteiger partial charge is 0.330 e. The van der Waals surface area contributed by atoms with E-state index in [-0.39, 0.29) is 5.91 Å². The number of hydrogen-bond acceptors (Lipinski definition) is 3. The van der Waals surface area contributed by atoms with Crippen LogP contribution in [0.25, 0.3) is 0 Å². The molecule has 0 radical (unpaired) electrons. The lowest BCUT2D eigenvalue weighted by Gasteiger charge is -2.18. The molecule has 0 fully saturated rings. The number of rotatable bonds is 2. The van der Waals surface area contributed by atoms with Crippen molar-refractivity contribution in [3.05, 3.63) is 48.0 Å². The van der Waals surface area contributed by atoms with E-state index in [4.69, 9.17) is 5.26 Å². The maximum Gasteiger partial charge on any atom is 0.276 e. The van der Waals surface area contributed by atoms with Crippen molar-refractivity contribution < 1.29 is 4.79 Å². The van der Waals surface area contributed by atoms with Crippen molar-refractivity contribution in [3.8, 4) is 6.07 Å². The van der Waals surface area contributed by atoms with Crippen LogP contribution in [-0.2, 0) is 7.05 Å². The zero-order valence-corrected chi connectivity index (χ0v) is 10.2. The zero-order chi connectivity index (χ0) is 13.1. The molecule has 0 saturated carbocycles. The van der Waals surface area contributed by atoms with Crippen LogP contribution in [0.2, 0.25) is 0 Å². The summed E-state index contributed by atoms with van der Waals surface area (Å²) in [5, 5.41) is 9.03. The highest BCUT2D eigenvalue weighted by Gasteiger charge is 2.18. The second-order valence-corrected chi connectivity index (χ2v) is 3.88. The number of carbonyl (C=O) groups excluding carboxylic acids is 1. The Morgan fingerprint density at radius 1 is 1.44 bits per heavy atom. The summed E-state index contributed by atoms with van der Waals surface area (Å²) >= 11 is 0. The molecule has 1 aromatic heterocycles. The van der Waals surface area contributed by atoms with Crippen molar-refractivity contribution in [1.29, 1.82) is 5.26 Å². The number of amides is 1. The van der Waals surface area contributed by atoms with E-state index in [1.807, 2.05) is 0 Å². The summed E-state index contributed by atoms with van der Waals surface area (Å²) in [4.78, 5) is 17.6. The summed E-state index contributed by atoms with van der Waals surface area (Å²) in [6, 6.07) is 9.06. The number of hydrogen-bond donors (Lipinski definition) is 0. The van der Waals surface area contributed by atoms with Crippen LogP contribution in [0, 0.1) is 11.3 Å². The van der Waals surface area contributed by atoms with E-state index in [9.17, 15) is 4.79 Å². The van der Waals surface area contributed by atoms with E-state index in [0.717, 1.165) is 0 Å². The van der Waals surface area contributed by atoms with Gasteiger partial charge in [0, 0.05) is 14.1 Å². The predicted molar refractivity (Wildman–Crippen MR) is 67.1 cm³/mol. The van der Waals surface area contributed by atoms with E-state index in [1.54, 1.807) is 49.3 Å². The zero-order valence-electron chi connectivity index (χ0n) is 10.2. The van der Waals surface area contributed by atoms with Crippen LogP contribution >= 0.6 is 0 Å². The minimum absolute atomic E-state index is 0.197. The minimum atomic E-state index is -0.197. The van der Waals surface area contributed by atoms with Crippen LogP contribution in [-0.4, -0.2) is 22.5 Å². The molecule has 1 heterocycles. The molecule has 0 aliphatic rings. The molecular weight excluding hydrogens is 228 g/mol. The van der Waals surface area contributed by atoms with Crippen LogP contribution < -0.4 is 4.90 Å². The third-order valence-corrected chi connectivity index (χ3v) is 2.73. The normalized spacial score (nSPS) is 9.83. The average molecular weight is 240 g/mol. The van der Waals surface area contributed by atoms with Crippen LogP contribution in [0.15, 0.2) is 36.8 Å². The fourth-order valence-electron chi connectivity index (χ4n) is 1.71. The number of benzene rings is 1. The number of para-hydroxylation sites is 1. The van der Waals surface area contributed by atoms with Gasteiger partial charge in [-0.05, 0) is 12.1 Å². The second kappa shape index (κ2) is 4.72. The minimum Gasteiger partial charge on any atom is -0.330 e. The van der Waals surface area contributed by atoms with Crippen LogP contribution in [0.5, 0.6) is 0 Å². The Bertz CT molecular complexity index is 624. The summed E-state index contributed by atoms with van der Waals surface area (Å²) in [5.74, 6) is -0.197. The molecule has 0 unspecified atom stereocenters. The van der Waals surface area contributed by atoms with Gasteiger partial charge in [0.25, 0.3) is 5.91 Å². The quantitative estimate of drug-likeness (QED) is 0.800. The lowest BCUT2D eigenvalue weighted by atomic mass is 10.2. The maximum atomic E-state index is 12.3. The molecule has 90 valence electrons. The lowest BCUT2D eigenvalue weighted by molar-refractivity contribution is 0.0985. The first-order chi connectivity index (χ1) is 8.65. The Morgan fingerprint density at radius 3 is 2.78 bits per heavy atom. The Morgan fingerprint density at radius 2 is 2.17 bits per heavy atom. The molecule has 0 spiro atoms. The molecule has 18 heavy (non-hydrogen) atoms. The highest BCUT2D eigenvalue weighted by atomic mass is 16.2. The van der Waals surface area contributed by atoms with E-state index in [1.165, 1.54) is 11.1 Å². The number of imidazole rings is 1. The van der Waals surface area contributed by atoms with Gasteiger partial charge >= 0.3 is 0 Å². The van der Waals surface area contributed by atoms with Crippen molar-refractivity contribution in [3.63, 3.8) is 0 Å². The molecule has 0 saturated heterocycles. The molecular formula is C13H12N4O. The molecule has 0 N–H and O–H groups in total. The van der Waals surface area contributed by atoms with Crippen LogP contribution in [0.3, 0.4) is 0 Å². The van der Waals surface area contributed by atoms with Crippen molar-refractivity contribution in [2.24, 2.45) is 7.05 Å². The van der Waals surface area contributed by atoms with Crippen LogP contribution in [0.1, 0.15) is 16.1 Å². The first-order valence-corrected chi connectivity index (χ1v) is 5.38. The van der Waals surface area contributed by atoms with E-state index in [2.05, 4.69) is 11.1 Å². The fourth-order valence-corrected chi connectivity index (χ4v) is 1.71. The van der Waals surface area contributed by atoms with Gasteiger partial charge in [-0.3, -0.25) is 4.79 Å². The van der Waals surface area contributed by atoms with Gasteiger partial charge in [-0.2, -0.15) is 5.26 Å². The Balaban J connectivity index is 2.38. The van der Waals surface area contributed by atoms with Gasteiger partial charge in [-0.25, -0.2) is 4.98 Å². The number of nitriles is 1. The third-order valence-electron chi connectivity index (χ3n) is 2.73. The molecule has 1 amide bonds. The monoisotopic (exact) mass is 240 g/mol. The highest BCUT2D eigenvalue weighted by molar-refractivity contribution is 6.05. The van der Waals surface area contributed by atoms with E-state index < -0.39 is 0 Å². The summed E-state index contributed by atoms with van der Waals surface area (Å²) in [6.07, 6.45) is 3.07. The van der Waals surface area contributed by atoms with Gasteiger partial charge < -0.3 is 9.47 Å². The molecule has 0 aliphatic carbocycles. The molecule has 2 rings (SSSR count). The van der Waals surface area contributed by atoms with Gasteiger partial charge in [0.2, 0.25) is 0 Å². The van der Waals surface area contributed by atoms with Gasteiger partial charge in [0.15, 0.2) is 0 Å².